The molecule has 0 atom stereocenters. The van der Waals surface area contributed by atoms with Crippen LogP contribution in [0.5, 0.6) is 17.2 Å². The van der Waals surface area contributed by atoms with Gasteiger partial charge in [0.25, 0.3) is 0 Å². The minimum absolute atomic E-state index is 0.101. The Hall–Kier alpha value is -3.08. The van der Waals surface area contributed by atoms with E-state index in [9.17, 15) is 9.90 Å². The molecular weight excluding hydrogens is 294 g/mol. The fourth-order valence-corrected chi connectivity index (χ4v) is 2.21. The van der Waals surface area contributed by atoms with Gasteiger partial charge in [-0.15, -0.1) is 0 Å². The van der Waals surface area contributed by atoms with Crippen LogP contribution in [0.15, 0.2) is 54.7 Å². The SMILES string of the molecule is CCOC(=O)c1ncc2ccc(Oc3ccccc3)cc2c1O. The summed E-state index contributed by atoms with van der Waals surface area (Å²) in [5, 5.41) is 11.5. The molecule has 23 heavy (non-hydrogen) atoms. The van der Waals surface area contributed by atoms with E-state index in [1.165, 1.54) is 6.20 Å². The normalized spacial score (nSPS) is 10.5. The van der Waals surface area contributed by atoms with Crippen LogP contribution in [0.1, 0.15) is 17.4 Å². The quantitative estimate of drug-likeness (QED) is 0.740. The molecule has 5 heteroatoms. The van der Waals surface area contributed by atoms with Crippen LogP contribution >= 0.6 is 0 Å². The van der Waals surface area contributed by atoms with Crippen LogP contribution in [0, 0.1) is 0 Å². The van der Waals surface area contributed by atoms with E-state index in [4.69, 9.17) is 9.47 Å². The van der Waals surface area contributed by atoms with Gasteiger partial charge in [-0.3, -0.25) is 0 Å². The van der Waals surface area contributed by atoms with Gasteiger partial charge in [0.05, 0.1) is 6.61 Å². The molecule has 5 nitrogen and oxygen atoms in total. The molecule has 2 aromatic carbocycles. The predicted molar refractivity (Wildman–Crippen MR) is 85.9 cm³/mol. The second-order valence-corrected chi connectivity index (χ2v) is 4.84. The lowest BCUT2D eigenvalue weighted by Crippen LogP contribution is -2.07. The Morgan fingerprint density at radius 3 is 2.65 bits per heavy atom. The molecule has 0 bridgehead atoms. The number of hydrogen-bond acceptors (Lipinski definition) is 5. The number of para-hydroxylation sites is 1. The minimum Gasteiger partial charge on any atom is -0.505 e. The Morgan fingerprint density at radius 1 is 1.13 bits per heavy atom. The summed E-state index contributed by atoms with van der Waals surface area (Å²) in [6.07, 6.45) is 1.52. The molecule has 0 radical (unpaired) electrons. The van der Waals surface area contributed by atoms with E-state index in [2.05, 4.69) is 4.98 Å². The second-order valence-electron chi connectivity index (χ2n) is 4.84. The van der Waals surface area contributed by atoms with Crippen LogP contribution in [0.25, 0.3) is 10.8 Å². The van der Waals surface area contributed by atoms with Crippen molar-refractivity contribution in [2.75, 3.05) is 6.61 Å². The van der Waals surface area contributed by atoms with Gasteiger partial charge in [-0.2, -0.15) is 0 Å². The molecule has 0 aliphatic rings. The fraction of sp³-hybridized carbons (Fsp3) is 0.111. The first-order valence-electron chi connectivity index (χ1n) is 7.21. The van der Waals surface area contributed by atoms with Crippen LogP contribution in [-0.2, 0) is 4.74 Å². The Balaban J connectivity index is 2.00. The molecule has 1 N–H and O–H groups in total. The summed E-state index contributed by atoms with van der Waals surface area (Å²) >= 11 is 0. The zero-order chi connectivity index (χ0) is 16.2. The summed E-state index contributed by atoms with van der Waals surface area (Å²) in [5.41, 5.74) is -0.101. The summed E-state index contributed by atoms with van der Waals surface area (Å²) in [5.74, 6) is 0.381. The van der Waals surface area contributed by atoms with Gasteiger partial charge in [-0.1, -0.05) is 18.2 Å². The van der Waals surface area contributed by atoms with Crippen LogP contribution < -0.4 is 4.74 Å². The van der Waals surface area contributed by atoms with E-state index in [1.807, 2.05) is 30.3 Å². The molecule has 0 saturated carbocycles. The molecule has 1 heterocycles. The Kier molecular flexibility index (Phi) is 4.10. The highest BCUT2D eigenvalue weighted by molar-refractivity contribution is 5.99. The Morgan fingerprint density at radius 2 is 1.91 bits per heavy atom. The number of carbonyl (C=O) groups is 1. The number of benzene rings is 2. The van der Waals surface area contributed by atoms with Gasteiger partial charge in [0.15, 0.2) is 11.4 Å². The van der Waals surface area contributed by atoms with Gasteiger partial charge in [0, 0.05) is 17.0 Å². The number of ether oxygens (including phenoxy) is 2. The van der Waals surface area contributed by atoms with Crippen LogP contribution in [0.3, 0.4) is 0 Å². The van der Waals surface area contributed by atoms with Gasteiger partial charge < -0.3 is 14.6 Å². The molecule has 0 unspecified atom stereocenters. The molecule has 116 valence electrons. The number of pyridine rings is 1. The van der Waals surface area contributed by atoms with Crippen molar-refractivity contribution < 1.29 is 19.4 Å². The second kappa shape index (κ2) is 6.36. The number of carbonyl (C=O) groups excluding carboxylic acids is 1. The zero-order valence-corrected chi connectivity index (χ0v) is 12.5. The van der Waals surface area contributed by atoms with Crippen LogP contribution in [-0.4, -0.2) is 22.7 Å². The maximum absolute atomic E-state index is 11.8. The number of nitrogens with zero attached hydrogens (tertiary/aromatic N) is 1. The lowest BCUT2D eigenvalue weighted by Gasteiger charge is -2.09. The summed E-state index contributed by atoms with van der Waals surface area (Å²) in [7, 11) is 0. The van der Waals surface area contributed by atoms with Crippen molar-refractivity contribution in [2.45, 2.75) is 6.92 Å². The fourth-order valence-electron chi connectivity index (χ4n) is 2.21. The predicted octanol–water partition coefficient (Wildman–Crippen LogP) is 3.91. The van der Waals surface area contributed by atoms with Gasteiger partial charge in [-0.25, -0.2) is 9.78 Å². The van der Waals surface area contributed by atoms with E-state index in [0.29, 0.717) is 22.3 Å². The summed E-state index contributed by atoms with van der Waals surface area (Å²) < 4.78 is 10.6. The van der Waals surface area contributed by atoms with E-state index in [1.54, 1.807) is 25.1 Å². The van der Waals surface area contributed by atoms with Crippen molar-refractivity contribution in [1.29, 1.82) is 0 Å². The molecule has 0 amide bonds. The third-order valence-electron chi connectivity index (χ3n) is 3.28. The van der Waals surface area contributed by atoms with Gasteiger partial charge in [-0.05, 0) is 37.3 Å². The van der Waals surface area contributed by atoms with E-state index in [0.717, 1.165) is 0 Å². The van der Waals surface area contributed by atoms with Gasteiger partial charge >= 0.3 is 5.97 Å². The molecule has 0 aliphatic carbocycles. The first kappa shape index (κ1) is 14.8. The smallest absolute Gasteiger partial charge is 0.360 e. The van der Waals surface area contributed by atoms with Crippen molar-refractivity contribution in [3.63, 3.8) is 0 Å². The average Bonchev–Trinajstić information content (AvgIpc) is 2.57. The van der Waals surface area contributed by atoms with Crippen molar-refractivity contribution in [2.24, 2.45) is 0 Å². The lowest BCUT2D eigenvalue weighted by atomic mass is 10.1. The third-order valence-corrected chi connectivity index (χ3v) is 3.28. The number of rotatable bonds is 4. The van der Waals surface area contributed by atoms with Crippen molar-refractivity contribution in [1.82, 2.24) is 4.98 Å². The summed E-state index contributed by atoms with van der Waals surface area (Å²) in [4.78, 5) is 15.8. The third kappa shape index (κ3) is 3.08. The Bertz CT molecular complexity index is 846. The zero-order valence-electron chi connectivity index (χ0n) is 12.5. The van der Waals surface area contributed by atoms with Crippen molar-refractivity contribution in [3.05, 3.63) is 60.4 Å². The molecule has 0 saturated heterocycles. The van der Waals surface area contributed by atoms with E-state index in [-0.39, 0.29) is 18.1 Å². The van der Waals surface area contributed by atoms with Gasteiger partial charge in [0.1, 0.15) is 11.5 Å². The van der Waals surface area contributed by atoms with Gasteiger partial charge in [0.2, 0.25) is 0 Å². The minimum atomic E-state index is -0.652. The maximum atomic E-state index is 11.8. The molecular formula is C18H15NO4. The Labute approximate surface area is 133 Å². The first-order chi connectivity index (χ1) is 11.2. The molecule has 3 rings (SSSR count). The summed E-state index contributed by atoms with van der Waals surface area (Å²) in [6.45, 7) is 1.91. The molecule has 0 aliphatic heterocycles. The molecule has 3 aromatic rings. The number of aromatic hydroxyl groups is 1. The van der Waals surface area contributed by atoms with Crippen LogP contribution in [0.4, 0.5) is 0 Å². The number of esters is 1. The monoisotopic (exact) mass is 309 g/mol. The lowest BCUT2D eigenvalue weighted by molar-refractivity contribution is 0.0516. The van der Waals surface area contributed by atoms with E-state index >= 15 is 0 Å². The number of aromatic nitrogens is 1. The molecule has 0 fully saturated rings. The number of fused-ring (bicyclic) bond motifs is 1. The highest BCUT2D eigenvalue weighted by Crippen LogP contribution is 2.32. The van der Waals surface area contributed by atoms with Crippen molar-refractivity contribution in [3.8, 4) is 17.2 Å². The summed E-state index contributed by atoms with van der Waals surface area (Å²) in [6, 6.07) is 14.5. The first-order valence-corrected chi connectivity index (χ1v) is 7.21. The molecule has 1 aromatic heterocycles. The van der Waals surface area contributed by atoms with Crippen LogP contribution in [0.2, 0.25) is 0 Å². The number of hydrogen-bond donors (Lipinski definition) is 1. The van der Waals surface area contributed by atoms with E-state index < -0.39 is 5.97 Å². The van der Waals surface area contributed by atoms with Crippen molar-refractivity contribution >= 4 is 16.7 Å². The largest absolute Gasteiger partial charge is 0.505 e. The highest BCUT2D eigenvalue weighted by atomic mass is 16.5. The average molecular weight is 309 g/mol. The molecule has 0 spiro atoms. The highest BCUT2D eigenvalue weighted by Gasteiger charge is 2.17. The topological polar surface area (TPSA) is 68.7 Å². The standard InChI is InChI=1S/C18H15NO4/c1-2-22-18(21)16-17(20)15-10-14(9-8-12(15)11-19-16)23-13-6-4-3-5-7-13/h3-11,20H,2H2,1H3. The maximum Gasteiger partial charge on any atom is 0.360 e.